The lowest BCUT2D eigenvalue weighted by Gasteiger charge is -2.08. The number of hydrogen-bond acceptors (Lipinski definition) is 4. The van der Waals surface area contributed by atoms with Crippen LogP contribution in [0.5, 0.6) is 5.75 Å². The number of benzene rings is 1. The van der Waals surface area contributed by atoms with Crippen LogP contribution >= 0.6 is 0 Å². The lowest BCUT2D eigenvalue weighted by molar-refractivity contribution is -0.143. The SMILES string of the molecule is CCCCCCCCOC(=O)CCc1cc(C)c(O)c(N)c1. The van der Waals surface area contributed by atoms with E-state index >= 15 is 0 Å². The van der Waals surface area contributed by atoms with Crippen molar-refractivity contribution in [3.8, 4) is 5.75 Å². The second-order valence-corrected chi connectivity index (χ2v) is 5.84. The number of carbonyl (C=O) groups excluding carboxylic acids is 1. The Bertz CT molecular complexity index is 448. The Labute approximate surface area is 133 Å². The molecular formula is C18H29NO3. The summed E-state index contributed by atoms with van der Waals surface area (Å²) in [4.78, 5) is 11.7. The van der Waals surface area contributed by atoms with E-state index in [0.29, 0.717) is 25.1 Å². The first-order chi connectivity index (χ1) is 10.5. The maximum atomic E-state index is 11.7. The second kappa shape index (κ2) is 10.1. The van der Waals surface area contributed by atoms with Gasteiger partial charge in [-0.2, -0.15) is 0 Å². The van der Waals surface area contributed by atoms with E-state index in [0.717, 1.165) is 24.0 Å². The molecule has 0 saturated carbocycles. The van der Waals surface area contributed by atoms with Gasteiger partial charge in [0.2, 0.25) is 0 Å². The molecule has 0 fully saturated rings. The van der Waals surface area contributed by atoms with E-state index in [1.165, 1.54) is 25.7 Å². The molecule has 0 radical (unpaired) electrons. The van der Waals surface area contributed by atoms with E-state index in [-0.39, 0.29) is 11.7 Å². The summed E-state index contributed by atoms with van der Waals surface area (Å²) >= 11 is 0. The van der Waals surface area contributed by atoms with Gasteiger partial charge in [-0.05, 0) is 37.0 Å². The van der Waals surface area contributed by atoms with Gasteiger partial charge in [-0.3, -0.25) is 4.79 Å². The van der Waals surface area contributed by atoms with Crippen molar-refractivity contribution in [1.29, 1.82) is 0 Å². The average molecular weight is 307 g/mol. The number of aryl methyl sites for hydroxylation is 2. The summed E-state index contributed by atoms with van der Waals surface area (Å²) in [6.07, 6.45) is 8.02. The molecule has 0 bridgehead atoms. The monoisotopic (exact) mass is 307 g/mol. The number of esters is 1. The van der Waals surface area contributed by atoms with Crippen molar-refractivity contribution in [3.63, 3.8) is 0 Å². The van der Waals surface area contributed by atoms with E-state index in [1.807, 2.05) is 6.07 Å². The minimum Gasteiger partial charge on any atom is -0.506 e. The Hall–Kier alpha value is -1.71. The Kier molecular flexibility index (Phi) is 8.41. The lowest BCUT2D eigenvalue weighted by atomic mass is 10.0. The van der Waals surface area contributed by atoms with Gasteiger partial charge in [0.25, 0.3) is 0 Å². The van der Waals surface area contributed by atoms with E-state index in [4.69, 9.17) is 10.5 Å². The van der Waals surface area contributed by atoms with Crippen LogP contribution in [-0.4, -0.2) is 17.7 Å². The maximum Gasteiger partial charge on any atom is 0.306 e. The van der Waals surface area contributed by atoms with Crippen LogP contribution in [0.3, 0.4) is 0 Å². The van der Waals surface area contributed by atoms with Crippen LogP contribution in [0, 0.1) is 6.92 Å². The third-order valence-corrected chi connectivity index (χ3v) is 3.77. The molecule has 0 aromatic heterocycles. The highest BCUT2D eigenvalue weighted by molar-refractivity contribution is 5.70. The minimum atomic E-state index is -0.169. The van der Waals surface area contributed by atoms with Crippen molar-refractivity contribution in [2.45, 2.75) is 65.2 Å². The van der Waals surface area contributed by atoms with Crippen LogP contribution in [0.4, 0.5) is 5.69 Å². The zero-order valence-corrected chi connectivity index (χ0v) is 13.9. The van der Waals surface area contributed by atoms with Gasteiger partial charge in [-0.1, -0.05) is 45.1 Å². The third-order valence-electron chi connectivity index (χ3n) is 3.77. The van der Waals surface area contributed by atoms with Gasteiger partial charge < -0.3 is 15.6 Å². The number of anilines is 1. The quantitative estimate of drug-likeness (QED) is 0.295. The average Bonchev–Trinajstić information content (AvgIpc) is 2.49. The fourth-order valence-corrected chi connectivity index (χ4v) is 2.42. The molecule has 124 valence electrons. The van der Waals surface area contributed by atoms with Crippen LogP contribution in [-0.2, 0) is 16.0 Å². The molecule has 4 nitrogen and oxygen atoms in total. The smallest absolute Gasteiger partial charge is 0.306 e. The number of carbonyl (C=O) groups is 1. The van der Waals surface area contributed by atoms with Crippen molar-refractivity contribution in [3.05, 3.63) is 23.3 Å². The standard InChI is InChI=1S/C18H29NO3/c1-3-4-5-6-7-8-11-22-17(20)10-9-15-12-14(2)18(21)16(19)13-15/h12-13,21H,3-11,19H2,1-2H3. The van der Waals surface area contributed by atoms with Crippen LogP contribution in [0.25, 0.3) is 0 Å². The zero-order valence-electron chi connectivity index (χ0n) is 13.9. The molecule has 4 heteroatoms. The summed E-state index contributed by atoms with van der Waals surface area (Å²) in [6, 6.07) is 3.57. The maximum absolute atomic E-state index is 11.7. The molecule has 22 heavy (non-hydrogen) atoms. The van der Waals surface area contributed by atoms with Gasteiger partial charge in [0.05, 0.1) is 12.3 Å². The number of hydrogen-bond donors (Lipinski definition) is 2. The summed E-state index contributed by atoms with van der Waals surface area (Å²) in [6.45, 7) is 4.51. The van der Waals surface area contributed by atoms with Crippen LogP contribution < -0.4 is 5.73 Å². The number of unbranched alkanes of at least 4 members (excludes halogenated alkanes) is 5. The predicted molar refractivity (Wildman–Crippen MR) is 89.9 cm³/mol. The fraction of sp³-hybridized carbons (Fsp3) is 0.611. The number of nitrogens with two attached hydrogens (primary N) is 1. The summed E-state index contributed by atoms with van der Waals surface area (Å²) in [5, 5.41) is 9.61. The molecule has 0 spiro atoms. The first-order valence-corrected chi connectivity index (χ1v) is 8.28. The topological polar surface area (TPSA) is 72.5 Å². The van der Waals surface area contributed by atoms with Crippen molar-refractivity contribution < 1.29 is 14.6 Å². The third kappa shape index (κ3) is 6.83. The summed E-state index contributed by atoms with van der Waals surface area (Å²) in [7, 11) is 0. The number of phenolic OH excluding ortho intramolecular Hbond substituents is 1. The highest BCUT2D eigenvalue weighted by Gasteiger charge is 2.07. The highest BCUT2D eigenvalue weighted by Crippen LogP contribution is 2.26. The number of aromatic hydroxyl groups is 1. The van der Waals surface area contributed by atoms with Gasteiger partial charge in [0.1, 0.15) is 5.75 Å². The van der Waals surface area contributed by atoms with Crippen LogP contribution in [0.15, 0.2) is 12.1 Å². The molecule has 0 aliphatic carbocycles. The molecule has 0 saturated heterocycles. The van der Waals surface area contributed by atoms with Gasteiger partial charge in [-0.15, -0.1) is 0 Å². The molecule has 0 amide bonds. The molecule has 1 aromatic carbocycles. The number of phenols is 1. The minimum absolute atomic E-state index is 0.120. The predicted octanol–water partition coefficient (Wildman–Crippen LogP) is 4.12. The normalized spacial score (nSPS) is 10.6. The van der Waals surface area contributed by atoms with Gasteiger partial charge in [0, 0.05) is 6.42 Å². The molecule has 1 aromatic rings. The first-order valence-electron chi connectivity index (χ1n) is 8.28. The largest absolute Gasteiger partial charge is 0.506 e. The Morgan fingerprint density at radius 2 is 1.86 bits per heavy atom. The van der Waals surface area contributed by atoms with Crippen LogP contribution in [0.2, 0.25) is 0 Å². The van der Waals surface area contributed by atoms with Crippen molar-refractivity contribution >= 4 is 11.7 Å². The molecular weight excluding hydrogens is 278 g/mol. The molecule has 0 aliphatic rings. The fourth-order valence-electron chi connectivity index (χ4n) is 2.42. The Balaban J connectivity index is 2.18. The van der Waals surface area contributed by atoms with E-state index < -0.39 is 0 Å². The van der Waals surface area contributed by atoms with E-state index in [2.05, 4.69) is 6.92 Å². The number of nitrogen functional groups attached to an aromatic ring is 1. The molecule has 0 atom stereocenters. The molecule has 3 N–H and O–H groups in total. The van der Waals surface area contributed by atoms with Gasteiger partial charge in [0.15, 0.2) is 0 Å². The van der Waals surface area contributed by atoms with Gasteiger partial charge in [-0.25, -0.2) is 0 Å². The summed E-state index contributed by atoms with van der Waals surface area (Å²) < 4.78 is 5.23. The summed E-state index contributed by atoms with van der Waals surface area (Å²) in [5.74, 6) is -0.0488. The van der Waals surface area contributed by atoms with Gasteiger partial charge >= 0.3 is 5.97 Å². The zero-order chi connectivity index (χ0) is 16.4. The Morgan fingerprint density at radius 3 is 2.55 bits per heavy atom. The molecule has 0 heterocycles. The number of rotatable bonds is 10. The molecule has 0 unspecified atom stereocenters. The van der Waals surface area contributed by atoms with E-state index in [1.54, 1.807) is 13.0 Å². The van der Waals surface area contributed by atoms with Crippen molar-refractivity contribution in [2.24, 2.45) is 0 Å². The van der Waals surface area contributed by atoms with E-state index in [9.17, 15) is 9.90 Å². The Morgan fingerprint density at radius 1 is 1.18 bits per heavy atom. The van der Waals surface area contributed by atoms with Crippen LogP contribution in [0.1, 0.15) is 63.0 Å². The molecule has 0 aliphatic heterocycles. The molecule has 1 rings (SSSR count). The second-order valence-electron chi connectivity index (χ2n) is 5.84. The number of ether oxygens (including phenoxy) is 1. The van der Waals surface area contributed by atoms with Crippen molar-refractivity contribution in [1.82, 2.24) is 0 Å². The van der Waals surface area contributed by atoms with Crippen molar-refractivity contribution in [2.75, 3.05) is 12.3 Å². The highest BCUT2D eigenvalue weighted by atomic mass is 16.5. The summed E-state index contributed by atoms with van der Waals surface area (Å²) in [5.41, 5.74) is 7.75. The first kappa shape index (κ1) is 18.3. The lowest BCUT2D eigenvalue weighted by Crippen LogP contribution is -2.07.